The topological polar surface area (TPSA) is 71.3 Å². The van der Waals surface area contributed by atoms with Gasteiger partial charge in [0.1, 0.15) is 0 Å². The molecule has 1 atom stereocenters. The average Bonchev–Trinajstić information content (AvgIpc) is 2.91. The summed E-state index contributed by atoms with van der Waals surface area (Å²) in [6, 6.07) is 8.77. The second-order valence-electron chi connectivity index (χ2n) is 6.31. The van der Waals surface area contributed by atoms with Crippen LogP contribution in [-0.4, -0.2) is 28.5 Å². The summed E-state index contributed by atoms with van der Waals surface area (Å²) >= 11 is 5.99. The molecule has 2 aromatic carbocycles. The lowest BCUT2D eigenvalue weighted by molar-refractivity contribution is -0.121. The number of benzene rings is 2. The normalized spacial score (nSPS) is 12.2. The minimum Gasteiger partial charge on any atom is -0.505 e. The van der Waals surface area contributed by atoms with Crippen LogP contribution in [0.1, 0.15) is 34.5 Å². The van der Waals surface area contributed by atoms with Crippen molar-refractivity contribution in [2.75, 3.05) is 7.05 Å². The monoisotopic (exact) mass is 388 g/mol. The number of carbonyl (C=O) groups excluding carboxylic acids is 2. The number of halogens is 2. The van der Waals surface area contributed by atoms with Crippen LogP contribution in [0.2, 0.25) is 5.02 Å². The van der Waals surface area contributed by atoms with Gasteiger partial charge in [0.25, 0.3) is 5.91 Å². The Labute approximate surface area is 160 Å². The third-order valence-electron chi connectivity index (χ3n) is 4.67. The number of phenols is 1. The van der Waals surface area contributed by atoms with Gasteiger partial charge < -0.3 is 10.4 Å². The molecule has 0 fully saturated rings. The molecule has 0 aliphatic carbocycles. The number of carbonyl (C=O) groups is 2. The summed E-state index contributed by atoms with van der Waals surface area (Å²) < 4.78 is 15.4. The molecule has 0 saturated carbocycles. The number of likely N-dealkylation sites (N-methyl/N-ethyl adjacent to an activating group) is 1. The maximum Gasteiger partial charge on any atom is 0.262 e. The zero-order chi connectivity index (χ0) is 19.9. The predicted octanol–water partition coefficient (Wildman–Crippen LogP) is 3.99. The molecule has 0 bridgehead atoms. The summed E-state index contributed by atoms with van der Waals surface area (Å²) in [6.07, 6.45) is 0. The van der Waals surface area contributed by atoms with Crippen LogP contribution in [0.25, 0.3) is 10.9 Å². The zero-order valence-corrected chi connectivity index (χ0v) is 15.8. The summed E-state index contributed by atoms with van der Waals surface area (Å²) in [6.45, 7) is 3.38. The molecule has 0 unspecified atom stereocenters. The molecule has 5 nitrogen and oxygen atoms in total. The van der Waals surface area contributed by atoms with Gasteiger partial charge in [0.05, 0.1) is 11.4 Å². The predicted molar refractivity (Wildman–Crippen MR) is 102 cm³/mol. The molecular formula is C20H18ClFN2O3. The molecule has 7 heteroatoms. The fourth-order valence-corrected chi connectivity index (χ4v) is 3.54. The highest BCUT2D eigenvalue weighted by atomic mass is 35.5. The van der Waals surface area contributed by atoms with Crippen molar-refractivity contribution in [2.24, 2.45) is 0 Å². The second-order valence-corrected chi connectivity index (χ2v) is 6.74. The highest BCUT2D eigenvalue weighted by Gasteiger charge is 2.27. The second kappa shape index (κ2) is 7.04. The van der Waals surface area contributed by atoms with Gasteiger partial charge in [0, 0.05) is 34.8 Å². The molecule has 3 rings (SSSR count). The fraction of sp³-hybridized carbons (Fsp3) is 0.200. The van der Waals surface area contributed by atoms with Crippen LogP contribution in [0.4, 0.5) is 4.39 Å². The van der Waals surface area contributed by atoms with E-state index in [1.54, 1.807) is 32.0 Å². The van der Waals surface area contributed by atoms with Gasteiger partial charge in [-0.15, -0.1) is 0 Å². The summed E-state index contributed by atoms with van der Waals surface area (Å²) in [4.78, 5) is 25.3. The Kier molecular flexibility index (Phi) is 4.93. The minimum atomic E-state index is -0.848. The van der Waals surface area contributed by atoms with Gasteiger partial charge in [0.2, 0.25) is 5.91 Å². The lowest BCUT2D eigenvalue weighted by Gasteiger charge is -2.12. The Morgan fingerprint density at radius 3 is 2.59 bits per heavy atom. The lowest BCUT2D eigenvalue weighted by Crippen LogP contribution is -2.24. The first-order chi connectivity index (χ1) is 12.8. The van der Waals surface area contributed by atoms with Gasteiger partial charge in [-0.3, -0.25) is 14.2 Å². The molecule has 0 aliphatic heterocycles. The zero-order valence-electron chi connectivity index (χ0n) is 15.0. The highest BCUT2D eigenvalue weighted by Crippen LogP contribution is 2.36. The summed E-state index contributed by atoms with van der Waals surface area (Å²) in [5.41, 5.74) is 1.65. The van der Waals surface area contributed by atoms with Gasteiger partial charge in [-0.2, -0.15) is 0 Å². The van der Waals surface area contributed by atoms with E-state index in [4.69, 9.17) is 11.6 Å². The van der Waals surface area contributed by atoms with E-state index in [9.17, 15) is 19.1 Å². The number of hydrogen-bond donors (Lipinski definition) is 2. The third-order valence-corrected chi connectivity index (χ3v) is 4.90. The number of aromatic hydroxyl groups is 1. The van der Waals surface area contributed by atoms with Crippen molar-refractivity contribution in [1.82, 2.24) is 9.88 Å². The molecule has 2 N–H and O–H groups in total. The van der Waals surface area contributed by atoms with Gasteiger partial charge in [-0.05, 0) is 43.7 Å². The first-order valence-corrected chi connectivity index (χ1v) is 8.69. The van der Waals surface area contributed by atoms with E-state index >= 15 is 0 Å². The van der Waals surface area contributed by atoms with Crippen LogP contribution in [0, 0.1) is 12.7 Å². The van der Waals surface area contributed by atoms with E-state index in [2.05, 4.69) is 5.32 Å². The molecule has 140 valence electrons. The Morgan fingerprint density at radius 1 is 1.26 bits per heavy atom. The minimum absolute atomic E-state index is 0.254. The molecular weight excluding hydrogens is 371 g/mol. The largest absolute Gasteiger partial charge is 0.505 e. The van der Waals surface area contributed by atoms with Crippen molar-refractivity contribution in [3.8, 4) is 5.75 Å². The van der Waals surface area contributed by atoms with E-state index in [1.165, 1.54) is 23.7 Å². The Bertz CT molecular complexity index is 1070. The molecule has 1 aromatic heterocycles. The van der Waals surface area contributed by atoms with Crippen LogP contribution in [0.15, 0.2) is 36.4 Å². The maximum atomic E-state index is 14.1. The van der Waals surface area contributed by atoms with Crippen molar-refractivity contribution in [1.29, 1.82) is 0 Å². The number of amides is 1. The number of aromatic nitrogens is 1. The van der Waals surface area contributed by atoms with Crippen LogP contribution in [-0.2, 0) is 4.79 Å². The highest BCUT2D eigenvalue weighted by molar-refractivity contribution is 6.31. The summed E-state index contributed by atoms with van der Waals surface area (Å²) in [5.74, 6) is -2.65. The van der Waals surface area contributed by atoms with E-state index in [0.29, 0.717) is 27.2 Å². The lowest BCUT2D eigenvalue weighted by atomic mass is 9.97. The van der Waals surface area contributed by atoms with Gasteiger partial charge in [-0.1, -0.05) is 17.7 Å². The molecule has 0 radical (unpaired) electrons. The van der Waals surface area contributed by atoms with Crippen molar-refractivity contribution in [3.05, 3.63) is 64.1 Å². The number of rotatable bonds is 3. The molecule has 3 aromatic rings. The van der Waals surface area contributed by atoms with Crippen LogP contribution in [0.5, 0.6) is 5.75 Å². The first kappa shape index (κ1) is 18.9. The van der Waals surface area contributed by atoms with E-state index in [0.717, 1.165) is 6.07 Å². The number of phenolic OH excluding ortho intramolecular Hbond substituents is 1. The molecule has 0 saturated heterocycles. The molecule has 27 heavy (non-hydrogen) atoms. The van der Waals surface area contributed by atoms with E-state index < -0.39 is 23.4 Å². The number of hydrogen-bond acceptors (Lipinski definition) is 3. The van der Waals surface area contributed by atoms with Gasteiger partial charge in [-0.25, -0.2) is 4.39 Å². The van der Waals surface area contributed by atoms with Crippen LogP contribution >= 0.6 is 11.6 Å². The van der Waals surface area contributed by atoms with Crippen molar-refractivity contribution in [3.63, 3.8) is 0 Å². The third kappa shape index (κ3) is 3.17. The smallest absolute Gasteiger partial charge is 0.262 e. The fourth-order valence-electron chi connectivity index (χ4n) is 3.35. The molecule has 1 heterocycles. The Morgan fingerprint density at radius 2 is 1.96 bits per heavy atom. The molecule has 0 aliphatic rings. The SMILES string of the molecule is CNC(=O)[C@@H](C)c1c(C)n(C(=O)c2cccc(Cl)c2)c2cc(F)c(O)cc12. The van der Waals surface area contributed by atoms with Crippen molar-refractivity contribution in [2.45, 2.75) is 19.8 Å². The van der Waals surface area contributed by atoms with E-state index in [-0.39, 0.29) is 11.4 Å². The number of nitrogens with one attached hydrogen (secondary N) is 1. The van der Waals surface area contributed by atoms with Crippen molar-refractivity contribution < 1.29 is 19.1 Å². The molecule has 1 amide bonds. The molecule has 0 spiro atoms. The number of fused-ring (bicyclic) bond motifs is 1. The Hall–Kier alpha value is -2.86. The van der Waals surface area contributed by atoms with Gasteiger partial charge in [0.15, 0.2) is 11.6 Å². The standard InChI is InChI=1S/C20H18ClFN2O3/c1-10(19(26)23-3)18-11(2)24(16-9-15(22)17(25)8-14(16)18)20(27)12-5-4-6-13(21)7-12/h4-10,25H,1-3H3,(H,23,26)/t10-/m0/s1. The van der Waals surface area contributed by atoms with Crippen LogP contribution in [0.3, 0.4) is 0 Å². The van der Waals surface area contributed by atoms with Gasteiger partial charge >= 0.3 is 0 Å². The summed E-state index contributed by atoms with van der Waals surface area (Å²) in [7, 11) is 1.52. The quantitative estimate of drug-likeness (QED) is 0.712. The summed E-state index contributed by atoms with van der Waals surface area (Å²) in [5, 5.41) is 13.2. The van der Waals surface area contributed by atoms with E-state index in [1.807, 2.05) is 0 Å². The Balaban J connectivity index is 2.32. The average molecular weight is 389 g/mol. The maximum absolute atomic E-state index is 14.1. The van der Waals surface area contributed by atoms with Crippen LogP contribution < -0.4 is 5.32 Å². The van der Waals surface area contributed by atoms with Crippen molar-refractivity contribution >= 4 is 34.3 Å². The number of nitrogens with zero attached hydrogens (tertiary/aromatic N) is 1. The first-order valence-electron chi connectivity index (χ1n) is 8.31.